The molecule has 1 aromatic rings. The highest BCUT2D eigenvalue weighted by Crippen LogP contribution is 2.33. The fourth-order valence-corrected chi connectivity index (χ4v) is 2.39. The molecule has 0 bridgehead atoms. The fraction of sp³-hybridized carbons (Fsp3) is 0.455. The maximum Gasteiger partial charge on any atom is 0.0720 e. The molecule has 0 saturated carbocycles. The van der Waals surface area contributed by atoms with Gasteiger partial charge in [0.1, 0.15) is 0 Å². The summed E-state index contributed by atoms with van der Waals surface area (Å²) in [5.41, 5.74) is 6.96. The lowest BCUT2D eigenvalue weighted by molar-refractivity contribution is 0.187. The van der Waals surface area contributed by atoms with Gasteiger partial charge in [-0.25, -0.2) is 0 Å². The lowest BCUT2D eigenvalue weighted by Crippen LogP contribution is -2.14. The van der Waals surface area contributed by atoms with Gasteiger partial charge in [0.2, 0.25) is 0 Å². The maximum absolute atomic E-state index is 6.06. The van der Waals surface area contributed by atoms with Gasteiger partial charge in [0.25, 0.3) is 0 Å². The molecule has 3 N–H and O–H groups in total. The van der Waals surface area contributed by atoms with Crippen molar-refractivity contribution in [2.45, 2.75) is 6.42 Å². The quantitative estimate of drug-likeness (QED) is 0.822. The average Bonchev–Trinajstić information content (AvgIpc) is 2.68. The molecular weight excluding hydrogens is 247 g/mol. The van der Waals surface area contributed by atoms with Gasteiger partial charge >= 0.3 is 0 Å². The van der Waals surface area contributed by atoms with E-state index in [9.17, 15) is 0 Å². The Morgan fingerprint density at radius 2 is 2.06 bits per heavy atom. The maximum atomic E-state index is 6.06. The van der Waals surface area contributed by atoms with Crippen LogP contribution in [0, 0.1) is 5.92 Å². The number of halogens is 2. The minimum atomic E-state index is 0.532. The van der Waals surface area contributed by atoms with Crippen molar-refractivity contribution in [1.82, 2.24) is 0 Å². The molecule has 88 valence electrons. The molecule has 1 aliphatic rings. The van der Waals surface area contributed by atoms with E-state index in [0.29, 0.717) is 21.7 Å². The van der Waals surface area contributed by atoms with Gasteiger partial charge in [-0.2, -0.15) is 0 Å². The van der Waals surface area contributed by atoms with Gasteiger partial charge in [-0.05, 0) is 18.6 Å². The lowest BCUT2D eigenvalue weighted by Gasteiger charge is -2.14. The second-order valence-corrected chi connectivity index (χ2v) is 4.78. The minimum absolute atomic E-state index is 0.532. The van der Waals surface area contributed by atoms with Gasteiger partial charge in [0.15, 0.2) is 0 Å². The highest BCUT2D eigenvalue weighted by atomic mass is 35.5. The van der Waals surface area contributed by atoms with E-state index in [0.717, 1.165) is 31.9 Å². The Labute approximate surface area is 105 Å². The van der Waals surface area contributed by atoms with Gasteiger partial charge in [-0.3, -0.25) is 0 Å². The van der Waals surface area contributed by atoms with Gasteiger partial charge in [-0.1, -0.05) is 23.2 Å². The van der Waals surface area contributed by atoms with E-state index in [1.807, 2.05) is 0 Å². The second-order valence-electron chi connectivity index (χ2n) is 3.97. The molecule has 1 aliphatic heterocycles. The van der Waals surface area contributed by atoms with E-state index >= 15 is 0 Å². The summed E-state index contributed by atoms with van der Waals surface area (Å²) < 4.78 is 5.30. The molecule has 1 saturated heterocycles. The average molecular weight is 261 g/mol. The standard InChI is InChI=1S/C11H14Cl2N2O/c12-9-3-8(14)4-10(13)11(9)15-5-7-1-2-16-6-7/h3-4,7,15H,1-2,5-6,14H2. The number of hydrogen-bond acceptors (Lipinski definition) is 3. The second kappa shape index (κ2) is 5.13. The molecule has 5 heteroatoms. The highest BCUT2D eigenvalue weighted by Gasteiger charge is 2.16. The summed E-state index contributed by atoms with van der Waals surface area (Å²) >= 11 is 12.1. The summed E-state index contributed by atoms with van der Waals surface area (Å²) in [6.45, 7) is 2.47. The topological polar surface area (TPSA) is 47.3 Å². The first-order valence-corrected chi connectivity index (χ1v) is 5.98. The van der Waals surface area contributed by atoms with Crippen LogP contribution >= 0.6 is 23.2 Å². The first-order chi connectivity index (χ1) is 7.66. The lowest BCUT2D eigenvalue weighted by atomic mass is 10.1. The molecule has 2 rings (SSSR count). The zero-order valence-electron chi connectivity index (χ0n) is 8.80. The number of ether oxygens (including phenoxy) is 1. The predicted octanol–water partition coefficient (Wildman–Crippen LogP) is 3.02. The van der Waals surface area contributed by atoms with Crippen LogP contribution in [0.3, 0.4) is 0 Å². The van der Waals surface area contributed by atoms with Crippen LogP contribution < -0.4 is 11.1 Å². The van der Waals surface area contributed by atoms with Crippen molar-refractivity contribution in [2.75, 3.05) is 30.8 Å². The molecule has 0 aromatic heterocycles. The van der Waals surface area contributed by atoms with E-state index in [2.05, 4.69) is 5.32 Å². The molecule has 1 aromatic carbocycles. The summed E-state index contributed by atoms with van der Waals surface area (Å²) in [5.74, 6) is 0.532. The Kier molecular flexibility index (Phi) is 3.79. The summed E-state index contributed by atoms with van der Waals surface area (Å²) in [7, 11) is 0. The fourth-order valence-electron chi connectivity index (χ4n) is 1.75. The van der Waals surface area contributed by atoms with Crippen molar-refractivity contribution in [3.63, 3.8) is 0 Å². The molecule has 0 radical (unpaired) electrons. The number of nitrogen functional groups attached to an aromatic ring is 1. The van der Waals surface area contributed by atoms with Crippen LogP contribution in [0.1, 0.15) is 6.42 Å². The Hall–Kier alpha value is -0.640. The molecule has 1 unspecified atom stereocenters. The smallest absolute Gasteiger partial charge is 0.0720 e. The van der Waals surface area contributed by atoms with Crippen LogP contribution in [0.4, 0.5) is 11.4 Å². The van der Waals surface area contributed by atoms with Crippen LogP contribution in [0.25, 0.3) is 0 Å². The molecule has 16 heavy (non-hydrogen) atoms. The number of hydrogen-bond donors (Lipinski definition) is 2. The van der Waals surface area contributed by atoms with E-state index in [1.54, 1.807) is 12.1 Å². The van der Waals surface area contributed by atoms with E-state index in [1.165, 1.54) is 0 Å². The Morgan fingerprint density at radius 1 is 1.38 bits per heavy atom. The largest absolute Gasteiger partial charge is 0.399 e. The minimum Gasteiger partial charge on any atom is -0.399 e. The van der Waals surface area contributed by atoms with Crippen molar-refractivity contribution < 1.29 is 4.74 Å². The number of nitrogens with one attached hydrogen (secondary N) is 1. The van der Waals surface area contributed by atoms with Crippen molar-refractivity contribution >= 4 is 34.6 Å². The summed E-state index contributed by atoms with van der Waals surface area (Å²) in [5, 5.41) is 4.37. The molecule has 0 aliphatic carbocycles. The first kappa shape index (κ1) is 11.8. The van der Waals surface area contributed by atoms with Crippen molar-refractivity contribution in [1.29, 1.82) is 0 Å². The molecule has 3 nitrogen and oxygen atoms in total. The van der Waals surface area contributed by atoms with Gasteiger partial charge in [0.05, 0.1) is 22.3 Å². The molecule has 0 spiro atoms. The van der Waals surface area contributed by atoms with Crippen LogP contribution in [0.2, 0.25) is 10.0 Å². The number of rotatable bonds is 3. The van der Waals surface area contributed by atoms with Crippen LogP contribution in [0.5, 0.6) is 0 Å². The van der Waals surface area contributed by atoms with Gasteiger partial charge in [0, 0.05) is 24.8 Å². The third-order valence-corrected chi connectivity index (χ3v) is 3.25. The Morgan fingerprint density at radius 3 is 2.62 bits per heavy atom. The number of benzene rings is 1. The third-order valence-electron chi connectivity index (χ3n) is 2.66. The summed E-state index contributed by atoms with van der Waals surface area (Å²) in [4.78, 5) is 0. The van der Waals surface area contributed by atoms with Crippen LogP contribution in [0.15, 0.2) is 12.1 Å². The Balaban J connectivity index is 2.03. The van der Waals surface area contributed by atoms with Gasteiger partial charge in [-0.15, -0.1) is 0 Å². The zero-order valence-corrected chi connectivity index (χ0v) is 10.3. The molecule has 1 heterocycles. The Bertz CT molecular complexity index is 355. The first-order valence-electron chi connectivity index (χ1n) is 5.23. The van der Waals surface area contributed by atoms with E-state index in [-0.39, 0.29) is 0 Å². The number of nitrogens with two attached hydrogens (primary N) is 1. The highest BCUT2D eigenvalue weighted by molar-refractivity contribution is 6.39. The van der Waals surface area contributed by atoms with Gasteiger partial charge < -0.3 is 15.8 Å². The summed E-state index contributed by atoms with van der Waals surface area (Å²) in [6, 6.07) is 3.39. The van der Waals surface area contributed by atoms with Crippen LogP contribution in [-0.2, 0) is 4.74 Å². The predicted molar refractivity (Wildman–Crippen MR) is 68.3 cm³/mol. The third kappa shape index (κ3) is 2.73. The van der Waals surface area contributed by atoms with Crippen molar-refractivity contribution in [3.05, 3.63) is 22.2 Å². The van der Waals surface area contributed by atoms with Crippen molar-refractivity contribution in [3.8, 4) is 0 Å². The number of anilines is 2. The SMILES string of the molecule is Nc1cc(Cl)c(NCC2CCOC2)c(Cl)c1. The zero-order chi connectivity index (χ0) is 11.5. The summed E-state index contributed by atoms with van der Waals surface area (Å²) in [6.07, 6.45) is 1.08. The molecule has 0 amide bonds. The normalized spacial score (nSPS) is 20.0. The van der Waals surface area contributed by atoms with E-state index < -0.39 is 0 Å². The van der Waals surface area contributed by atoms with E-state index in [4.69, 9.17) is 33.7 Å². The van der Waals surface area contributed by atoms with Crippen molar-refractivity contribution in [2.24, 2.45) is 5.92 Å². The molecular formula is C11H14Cl2N2O. The van der Waals surface area contributed by atoms with Crippen LogP contribution in [-0.4, -0.2) is 19.8 Å². The monoisotopic (exact) mass is 260 g/mol. The molecule has 1 atom stereocenters. The molecule has 1 fully saturated rings.